The predicted molar refractivity (Wildman–Crippen MR) is 92.6 cm³/mol. The Morgan fingerprint density at radius 3 is 2.24 bits per heavy atom. The second-order valence-electron chi connectivity index (χ2n) is 5.36. The molecular formula is C19H19NO5. The molecule has 1 atom stereocenters. The number of rotatable bonds is 7. The van der Waals surface area contributed by atoms with E-state index in [0.717, 1.165) is 0 Å². The number of carbonyl (C=O) groups is 3. The molecule has 0 bridgehead atoms. The smallest absolute Gasteiger partial charge is 0.344 e. The molecule has 0 fully saturated rings. The molecule has 1 amide bonds. The molecule has 0 heterocycles. The van der Waals surface area contributed by atoms with Gasteiger partial charge in [-0.05, 0) is 50.2 Å². The van der Waals surface area contributed by atoms with Crippen molar-refractivity contribution in [2.75, 3.05) is 11.9 Å². The summed E-state index contributed by atoms with van der Waals surface area (Å²) in [5.41, 5.74) is 1.18. The number of carbonyl (C=O) groups excluding carboxylic acids is 3. The van der Waals surface area contributed by atoms with Crippen molar-refractivity contribution in [2.24, 2.45) is 0 Å². The number of esters is 1. The largest absolute Gasteiger partial charge is 0.482 e. The zero-order chi connectivity index (χ0) is 18.2. The first-order valence-electron chi connectivity index (χ1n) is 7.75. The summed E-state index contributed by atoms with van der Waals surface area (Å²) < 4.78 is 10.3. The normalized spacial score (nSPS) is 11.3. The highest BCUT2D eigenvalue weighted by molar-refractivity contribution is 5.95. The van der Waals surface area contributed by atoms with Crippen LogP contribution in [-0.2, 0) is 14.3 Å². The highest BCUT2D eigenvalue weighted by atomic mass is 16.6. The van der Waals surface area contributed by atoms with Gasteiger partial charge in [-0.1, -0.05) is 18.2 Å². The van der Waals surface area contributed by atoms with Gasteiger partial charge in [-0.15, -0.1) is 0 Å². The Hall–Kier alpha value is -3.15. The molecule has 0 aliphatic rings. The molecule has 2 aromatic rings. The van der Waals surface area contributed by atoms with Crippen LogP contribution in [0.15, 0.2) is 54.6 Å². The number of anilines is 1. The van der Waals surface area contributed by atoms with E-state index in [1.807, 2.05) is 6.07 Å². The molecule has 0 spiro atoms. The molecule has 0 aliphatic carbocycles. The maximum atomic E-state index is 12.0. The minimum Gasteiger partial charge on any atom is -0.482 e. The van der Waals surface area contributed by atoms with E-state index in [2.05, 4.69) is 5.32 Å². The van der Waals surface area contributed by atoms with E-state index in [0.29, 0.717) is 17.0 Å². The van der Waals surface area contributed by atoms with E-state index in [1.165, 1.54) is 13.8 Å². The van der Waals surface area contributed by atoms with Crippen molar-refractivity contribution in [3.8, 4) is 5.75 Å². The topological polar surface area (TPSA) is 81.7 Å². The lowest BCUT2D eigenvalue weighted by molar-refractivity contribution is -0.155. The molecule has 0 aromatic heterocycles. The summed E-state index contributed by atoms with van der Waals surface area (Å²) in [4.78, 5) is 34.9. The molecular weight excluding hydrogens is 322 g/mol. The zero-order valence-electron chi connectivity index (χ0n) is 14.0. The Morgan fingerprint density at radius 2 is 1.64 bits per heavy atom. The van der Waals surface area contributed by atoms with Gasteiger partial charge in [0.1, 0.15) is 5.75 Å². The quantitative estimate of drug-likeness (QED) is 0.618. The number of para-hydroxylation sites is 1. The highest BCUT2D eigenvalue weighted by Gasteiger charge is 2.18. The maximum absolute atomic E-state index is 12.0. The van der Waals surface area contributed by atoms with Crippen molar-refractivity contribution >= 4 is 23.3 Å². The molecule has 0 aliphatic heterocycles. The monoisotopic (exact) mass is 341 g/mol. The van der Waals surface area contributed by atoms with Crippen molar-refractivity contribution in [3.05, 3.63) is 60.2 Å². The van der Waals surface area contributed by atoms with Gasteiger partial charge in [0.25, 0.3) is 5.91 Å². The van der Waals surface area contributed by atoms with Crippen LogP contribution in [0.1, 0.15) is 24.2 Å². The standard InChI is InChI=1S/C19H19NO5/c1-13(21)15-8-10-17(11-9-15)24-12-18(22)25-14(2)19(23)20-16-6-4-3-5-7-16/h3-11,14H,12H2,1-2H3,(H,20,23)/t14-/m1/s1. The minimum atomic E-state index is -0.948. The van der Waals surface area contributed by atoms with Crippen LogP contribution in [0.4, 0.5) is 5.69 Å². The zero-order valence-corrected chi connectivity index (χ0v) is 14.0. The average molecular weight is 341 g/mol. The van der Waals surface area contributed by atoms with Gasteiger partial charge in [-0.2, -0.15) is 0 Å². The number of ether oxygens (including phenoxy) is 2. The first-order chi connectivity index (χ1) is 12.0. The van der Waals surface area contributed by atoms with Crippen LogP contribution in [0.5, 0.6) is 5.75 Å². The summed E-state index contributed by atoms with van der Waals surface area (Å²) in [5.74, 6) is -0.704. The van der Waals surface area contributed by atoms with Crippen LogP contribution in [0.25, 0.3) is 0 Å². The molecule has 6 nitrogen and oxygen atoms in total. The van der Waals surface area contributed by atoms with Crippen molar-refractivity contribution in [1.82, 2.24) is 0 Å². The van der Waals surface area contributed by atoms with Gasteiger partial charge < -0.3 is 14.8 Å². The second-order valence-corrected chi connectivity index (χ2v) is 5.36. The summed E-state index contributed by atoms with van der Waals surface area (Å²) in [6, 6.07) is 15.3. The lowest BCUT2D eigenvalue weighted by atomic mass is 10.1. The molecule has 130 valence electrons. The minimum absolute atomic E-state index is 0.0517. The summed E-state index contributed by atoms with van der Waals surface area (Å²) in [6.45, 7) is 2.62. The van der Waals surface area contributed by atoms with Crippen molar-refractivity contribution in [1.29, 1.82) is 0 Å². The van der Waals surface area contributed by atoms with E-state index in [1.54, 1.807) is 48.5 Å². The fraction of sp³-hybridized carbons (Fsp3) is 0.211. The van der Waals surface area contributed by atoms with Crippen molar-refractivity contribution in [2.45, 2.75) is 20.0 Å². The number of amides is 1. The van der Waals surface area contributed by atoms with Gasteiger partial charge in [0.2, 0.25) is 0 Å². The van der Waals surface area contributed by atoms with Crippen LogP contribution < -0.4 is 10.1 Å². The van der Waals surface area contributed by atoms with Crippen LogP contribution in [-0.4, -0.2) is 30.4 Å². The van der Waals surface area contributed by atoms with E-state index in [9.17, 15) is 14.4 Å². The van der Waals surface area contributed by atoms with Gasteiger partial charge in [0.05, 0.1) is 0 Å². The number of nitrogens with one attached hydrogen (secondary N) is 1. The molecule has 0 unspecified atom stereocenters. The second kappa shape index (κ2) is 8.63. The molecule has 2 rings (SSSR count). The summed E-state index contributed by atoms with van der Waals surface area (Å²) in [5, 5.41) is 2.65. The Morgan fingerprint density at radius 1 is 1.00 bits per heavy atom. The summed E-state index contributed by atoms with van der Waals surface area (Å²) in [6.07, 6.45) is -0.948. The fourth-order valence-electron chi connectivity index (χ4n) is 1.98. The van der Waals surface area contributed by atoms with Crippen molar-refractivity contribution in [3.63, 3.8) is 0 Å². The lowest BCUT2D eigenvalue weighted by Crippen LogP contribution is -2.31. The Labute approximate surface area is 145 Å². The van der Waals surface area contributed by atoms with Gasteiger partial charge in [-0.25, -0.2) is 4.79 Å². The Bertz CT molecular complexity index is 740. The maximum Gasteiger partial charge on any atom is 0.344 e. The molecule has 0 saturated heterocycles. The summed E-state index contributed by atoms with van der Waals surface area (Å²) >= 11 is 0. The molecule has 2 aromatic carbocycles. The van der Waals surface area contributed by atoms with Crippen LogP contribution in [0.2, 0.25) is 0 Å². The molecule has 1 N–H and O–H groups in total. The van der Waals surface area contributed by atoms with E-state index >= 15 is 0 Å². The molecule has 25 heavy (non-hydrogen) atoms. The highest BCUT2D eigenvalue weighted by Crippen LogP contribution is 2.13. The third-order valence-electron chi connectivity index (χ3n) is 3.34. The van der Waals surface area contributed by atoms with Gasteiger partial charge in [0, 0.05) is 11.3 Å². The first-order valence-corrected chi connectivity index (χ1v) is 7.75. The van der Waals surface area contributed by atoms with Gasteiger partial charge in [0.15, 0.2) is 18.5 Å². The predicted octanol–water partition coefficient (Wildman–Crippen LogP) is 2.84. The fourth-order valence-corrected chi connectivity index (χ4v) is 1.98. The van der Waals surface area contributed by atoms with Crippen LogP contribution in [0.3, 0.4) is 0 Å². The average Bonchev–Trinajstić information content (AvgIpc) is 2.61. The Kier molecular flexibility index (Phi) is 6.28. The molecule has 0 saturated carbocycles. The third kappa shape index (κ3) is 5.76. The third-order valence-corrected chi connectivity index (χ3v) is 3.34. The lowest BCUT2D eigenvalue weighted by Gasteiger charge is -2.14. The van der Waals surface area contributed by atoms with E-state index in [-0.39, 0.29) is 12.4 Å². The summed E-state index contributed by atoms with van der Waals surface area (Å²) in [7, 11) is 0. The van der Waals surface area contributed by atoms with E-state index < -0.39 is 18.0 Å². The number of hydrogen-bond donors (Lipinski definition) is 1. The van der Waals surface area contributed by atoms with Crippen LogP contribution in [0, 0.1) is 0 Å². The first kappa shape index (κ1) is 18.2. The number of Topliss-reactive ketones (excluding diaryl/α,β-unsaturated/α-hetero) is 1. The van der Waals surface area contributed by atoms with E-state index in [4.69, 9.17) is 9.47 Å². The van der Waals surface area contributed by atoms with Gasteiger partial charge in [-0.3, -0.25) is 9.59 Å². The van der Waals surface area contributed by atoms with Crippen molar-refractivity contribution < 1.29 is 23.9 Å². The molecule has 0 radical (unpaired) electrons. The SMILES string of the molecule is CC(=O)c1ccc(OCC(=O)O[C@H](C)C(=O)Nc2ccccc2)cc1. The number of benzene rings is 2. The number of ketones is 1. The Balaban J connectivity index is 1.79. The van der Waals surface area contributed by atoms with Crippen LogP contribution >= 0.6 is 0 Å². The molecule has 6 heteroatoms. The number of hydrogen-bond acceptors (Lipinski definition) is 5. The van der Waals surface area contributed by atoms with Gasteiger partial charge >= 0.3 is 5.97 Å².